The summed E-state index contributed by atoms with van der Waals surface area (Å²) in [5, 5.41) is 2.76. The molecule has 2 rings (SSSR count). The summed E-state index contributed by atoms with van der Waals surface area (Å²) in [7, 11) is 0. The quantitative estimate of drug-likeness (QED) is 0.911. The topological polar surface area (TPSA) is 49.4 Å². The van der Waals surface area contributed by atoms with Crippen LogP contribution in [0.5, 0.6) is 0 Å². The number of piperazine rings is 1. The lowest BCUT2D eigenvalue weighted by Gasteiger charge is -2.41. The molecule has 5 heteroatoms. The normalized spacial score (nSPS) is 17.8. The lowest BCUT2D eigenvalue weighted by molar-refractivity contribution is -0.149. The number of nitrogens with zero attached hydrogens (tertiary/aromatic N) is 1. The van der Waals surface area contributed by atoms with E-state index in [1.807, 2.05) is 0 Å². The van der Waals surface area contributed by atoms with Gasteiger partial charge in [-0.15, -0.1) is 0 Å². The number of halogens is 1. The Kier molecular flexibility index (Phi) is 4.06. The van der Waals surface area contributed by atoms with Crippen LogP contribution in [0.15, 0.2) is 24.3 Å². The van der Waals surface area contributed by atoms with Gasteiger partial charge in [-0.05, 0) is 38.0 Å². The number of hydrogen-bond donors (Lipinski definition) is 1. The molecule has 1 aliphatic heterocycles. The highest BCUT2D eigenvalue weighted by molar-refractivity contribution is 5.91. The van der Waals surface area contributed by atoms with Crippen LogP contribution in [-0.4, -0.2) is 35.3 Å². The van der Waals surface area contributed by atoms with Crippen molar-refractivity contribution < 1.29 is 14.0 Å². The van der Waals surface area contributed by atoms with E-state index in [2.05, 4.69) is 5.32 Å². The zero-order chi connectivity index (χ0) is 14.8. The lowest BCUT2D eigenvalue weighted by atomic mass is 9.97. The zero-order valence-electron chi connectivity index (χ0n) is 11.8. The summed E-state index contributed by atoms with van der Waals surface area (Å²) in [4.78, 5) is 25.7. The molecule has 4 nitrogen and oxygen atoms in total. The third kappa shape index (κ3) is 2.98. The second-order valence-electron chi connectivity index (χ2n) is 5.49. The summed E-state index contributed by atoms with van der Waals surface area (Å²) in [5.41, 5.74) is -0.0327. The van der Waals surface area contributed by atoms with Gasteiger partial charge in [-0.2, -0.15) is 0 Å². The minimum atomic E-state index is -0.822. The summed E-state index contributed by atoms with van der Waals surface area (Å²) in [5.74, 6) is -0.510. The number of benzene rings is 1. The number of rotatable bonds is 3. The molecular weight excluding hydrogens is 259 g/mol. The van der Waals surface area contributed by atoms with Gasteiger partial charge in [0.25, 0.3) is 0 Å². The lowest BCUT2D eigenvalue weighted by Crippen LogP contribution is -2.63. The molecule has 1 aliphatic rings. The van der Waals surface area contributed by atoms with Crippen LogP contribution in [0, 0.1) is 5.82 Å². The highest BCUT2D eigenvalue weighted by Gasteiger charge is 2.39. The minimum Gasteiger partial charge on any atom is -0.352 e. The average molecular weight is 278 g/mol. The molecule has 0 atom stereocenters. The first-order valence-corrected chi connectivity index (χ1v) is 6.74. The van der Waals surface area contributed by atoms with E-state index in [1.165, 1.54) is 12.1 Å². The van der Waals surface area contributed by atoms with Crippen molar-refractivity contribution in [2.75, 3.05) is 13.1 Å². The molecule has 1 saturated heterocycles. The first-order chi connectivity index (χ1) is 9.41. The van der Waals surface area contributed by atoms with Gasteiger partial charge in [0.1, 0.15) is 11.4 Å². The van der Waals surface area contributed by atoms with Gasteiger partial charge in [0.2, 0.25) is 11.8 Å². The van der Waals surface area contributed by atoms with Crippen molar-refractivity contribution in [2.24, 2.45) is 0 Å². The fourth-order valence-corrected chi connectivity index (χ4v) is 2.41. The van der Waals surface area contributed by atoms with Gasteiger partial charge >= 0.3 is 0 Å². The molecule has 1 fully saturated rings. The third-order valence-electron chi connectivity index (χ3n) is 3.67. The molecule has 0 aromatic heterocycles. The Morgan fingerprint density at radius 3 is 2.90 bits per heavy atom. The summed E-state index contributed by atoms with van der Waals surface area (Å²) in [6, 6.07) is 6.24. The second-order valence-corrected chi connectivity index (χ2v) is 5.49. The molecule has 1 heterocycles. The van der Waals surface area contributed by atoms with Crippen molar-refractivity contribution in [3.05, 3.63) is 35.6 Å². The van der Waals surface area contributed by atoms with E-state index in [9.17, 15) is 14.0 Å². The predicted octanol–water partition coefficient (Wildman–Crippen LogP) is 1.50. The SMILES string of the molecule is CC1(C)C(=O)NCCN1C(=O)CCc1cccc(F)c1. The predicted molar refractivity (Wildman–Crippen MR) is 73.5 cm³/mol. The molecule has 20 heavy (non-hydrogen) atoms. The molecule has 1 aromatic carbocycles. The maximum Gasteiger partial charge on any atom is 0.245 e. The van der Waals surface area contributed by atoms with Gasteiger partial charge in [0, 0.05) is 19.5 Å². The van der Waals surface area contributed by atoms with Crippen molar-refractivity contribution in [3.8, 4) is 0 Å². The van der Waals surface area contributed by atoms with Crippen LogP contribution in [0.25, 0.3) is 0 Å². The van der Waals surface area contributed by atoms with Crippen LogP contribution < -0.4 is 5.32 Å². The highest BCUT2D eigenvalue weighted by Crippen LogP contribution is 2.19. The molecule has 0 radical (unpaired) electrons. The zero-order valence-corrected chi connectivity index (χ0v) is 11.8. The van der Waals surface area contributed by atoms with Crippen LogP contribution in [0.4, 0.5) is 4.39 Å². The summed E-state index contributed by atoms with van der Waals surface area (Å²) in [6.45, 7) is 4.47. The summed E-state index contributed by atoms with van der Waals surface area (Å²) in [6.07, 6.45) is 0.755. The number of nitrogens with one attached hydrogen (secondary N) is 1. The number of aryl methyl sites for hydroxylation is 1. The van der Waals surface area contributed by atoms with E-state index in [1.54, 1.807) is 30.9 Å². The smallest absolute Gasteiger partial charge is 0.245 e. The Morgan fingerprint density at radius 1 is 1.45 bits per heavy atom. The van der Waals surface area contributed by atoms with E-state index >= 15 is 0 Å². The Labute approximate surface area is 118 Å². The van der Waals surface area contributed by atoms with Gasteiger partial charge in [-0.3, -0.25) is 9.59 Å². The molecule has 1 aromatic rings. The molecule has 0 spiro atoms. The maximum absolute atomic E-state index is 13.1. The van der Waals surface area contributed by atoms with E-state index < -0.39 is 5.54 Å². The fraction of sp³-hybridized carbons (Fsp3) is 0.467. The van der Waals surface area contributed by atoms with Gasteiger partial charge in [0.15, 0.2) is 0 Å². The van der Waals surface area contributed by atoms with Crippen LogP contribution in [0.2, 0.25) is 0 Å². The standard InChI is InChI=1S/C15H19FN2O2/c1-15(2)14(20)17-8-9-18(15)13(19)7-6-11-4-3-5-12(16)10-11/h3-5,10H,6-9H2,1-2H3,(H,17,20). The largest absolute Gasteiger partial charge is 0.352 e. The molecule has 0 saturated carbocycles. The molecule has 0 unspecified atom stereocenters. The summed E-state index contributed by atoms with van der Waals surface area (Å²) < 4.78 is 13.1. The van der Waals surface area contributed by atoms with Gasteiger partial charge in [-0.25, -0.2) is 4.39 Å². The highest BCUT2D eigenvalue weighted by atomic mass is 19.1. The molecule has 0 aliphatic carbocycles. The fourth-order valence-electron chi connectivity index (χ4n) is 2.41. The number of carbonyl (C=O) groups excluding carboxylic acids is 2. The maximum atomic E-state index is 13.1. The van der Waals surface area contributed by atoms with Crippen LogP contribution in [0.1, 0.15) is 25.8 Å². The molecule has 108 valence electrons. The van der Waals surface area contributed by atoms with Crippen LogP contribution in [-0.2, 0) is 16.0 Å². The average Bonchev–Trinajstić information content (AvgIpc) is 2.39. The number of amides is 2. The summed E-state index contributed by atoms with van der Waals surface area (Å²) >= 11 is 0. The van der Waals surface area contributed by atoms with Crippen molar-refractivity contribution in [1.29, 1.82) is 0 Å². The Morgan fingerprint density at radius 2 is 2.20 bits per heavy atom. The van der Waals surface area contributed by atoms with Crippen molar-refractivity contribution in [3.63, 3.8) is 0 Å². The number of carbonyl (C=O) groups is 2. The van der Waals surface area contributed by atoms with E-state index in [0.29, 0.717) is 19.5 Å². The van der Waals surface area contributed by atoms with Crippen molar-refractivity contribution in [2.45, 2.75) is 32.2 Å². The monoisotopic (exact) mass is 278 g/mol. The molecule has 2 amide bonds. The van der Waals surface area contributed by atoms with Crippen LogP contribution >= 0.6 is 0 Å². The Hall–Kier alpha value is -1.91. The molecule has 0 bridgehead atoms. The third-order valence-corrected chi connectivity index (χ3v) is 3.67. The van der Waals surface area contributed by atoms with Gasteiger partial charge in [-0.1, -0.05) is 12.1 Å². The first kappa shape index (κ1) is 14.5. The van der Waals surface area contributed by atoms with Crippen molar-refractivity contribution >= 4 is 11.8 Å². The van der Waals surface area contributed by atoms with Crippen molar-refractivity contribution in [1.82, 2.24) is 10.2 Å². The first-order valence-electron chi connectivity index (χ1n) is 6.74. The van der Waals surface area contributed by atoms with Gasteiger partial charge in [0.05, 0.1) is 0 Å². The number of hydrogen-bond acceptors (Lipinski definition) is 2. The van der Waals surface area contributed by atoms with E-state index in [-0.39, 0.29) is 24.1 Å². The van der Waals surface area contributed by atoms with Gasteiger partial charge < -0.3 is 10.2 Å². The molecule has 1 N–H and O–H groups in total. The Bertz CT molecular complexity index is 528. The minimum absolute atomic E-state index is 0.0749. The Balaban J connectivity index is 1.99. The van der Waals surface area contributed by atoms with E-state index in [0.717, 1.165) is 5.56 Å². The van der Waals surface area contributed by atoms with Crippen LogP contribution in [0.3, 0.4) is 0 Å². The van der Waals surface area contributed by atoms with E-state index in [4.69, 9.17) is 0 Å². The molecular formula is C15H19FN2O2. The second kappa shape index (κ2) is 5.61.